The minimum Gasteiger partial charge on any atom is -0.377 e. The maximum atomic E-state index is 4.50. The van der Waals surface area contributed by atoms with Crippen molar-refractivity contribution < 1.29 is 0 Å². The third kappa shape index (κ3) is 2.65. The van der Waals surface area contributed by atoms with Crippen LogP contribution in [0.15, 0.2) is 41.0 Å². The maximum Gasteiger partial charge on any atom is 0.157 e. The van der Waals surface area contributed by atoms with Gasteiger partial charge in [0.2, 0.25) is 0 Å². The van der Waals surface area contributed by atoms with Crippen molar-refractivity contribution in [3.63, 3.8) is 0 Å². The zero-order valence-corrected chi connectivity index (χ0v) is 13.8. The number of pyridine rings is 1. The summed E-state index contributed by atoms with van der Waals surface area (Å²) in [5.41, 5.74) is 4.13. The van der Waals surface area contributed by atoms with E-state index in [1.165, 1.54) is 5.56 Å². The Hall–Kier alpha value is -1.88. The Morgan fingerprint density at radius 1 is 1.29 bits per heavy atom. The summed E-state index contributed by atoms with van der Waals surface area (Å²) < 4.78 is 2.92. The van der Waals surface area contributed by atoms with E-state index in [-0.39, 0.29) is 6.04 Å². The van der Waals surface area contributed by atoms with E-state index in [0.29, 0.717) is 0 Å². The van der Waals surface area contributed by atoms with Gasteiger partial charge in [0.25, 0.3) is 0 Å². The molecule has 0 radical (unpaired) electrons. The molecule has 108 valence electrons. The lowest BCUT2D eigenvalue weighted by Crippen LogP contribution is -2.07. The summed E-state index contributed by atoms with van der Waals surface area (Å²) in [6.45, 7) is 4.14. The third-order valence-electron chi connectivity index (χ3n) is 3.62. The van der Waals surface area contributed by atoms with Gasteiger partial charge in [-0.1, -0.05) is 34.1 Å². The van der Waals surface area contributed by atoms with E-state index >= 15 is 0 Å². The van der Waals surface area contributed by atoms with E-state index in [4.69, 9.17) is 0 Å². The molecule has 21 heavy (non-hydrogen) atoms. The van der Waals surface area contributed by atoms with Crippen LogP contribution >= 0.6 is 15.9 Å². The topological polar surface area (TPSA) is 42.7 Å². The van der Waals surface area contributed by atoms with Gasteiger partial charge in [-0.3, -0.25) is 4.68 Å². The number of hydrogen-bond acceptors (Lipinski definition) is 3. The predicted molar refractivity (Wildman–Crippen MR) is 89.4 cm³/mol. The second kappa shape index (κ2) is 5.48. The highest BCUT2D eigenvalue weighted by Gasteiger charge is 2.11. The number of nitrogens with one attached hydrogen (secondary N) is 1. The molecule has 0 saturated heterocycles. The first-order valence-electron chi connectivity index (χ1n) is 6.86. The fourth-order valence-corrected chi connectivity index (χ4v) is 3.17. The third-order valence-corrected chi connectivity index (χ3v) is 4.34. The van der Waals surface area contributed by atoms with Crippen molar-refractivity contribution in [1.82, 2.24) is 14.8 Å². The van der Waals surface area contributed by atoms with Gasteiger partial charge in [0.05, 0.1) is 17.6 Å². The molecule has 5 heteroatoms. The first-order chi connectivity index (χ1) is 10.1. The summed E-state index contributed by atoms with van der Waals surface area (Å²) >= 11 is 3.60. The summed E-state index contributed by atoms with van der Waals surface area (Å²) in [7, 11) is 1.92. The Balaban J connectivity index is 1.91. The van der Waals surface area contributed by atoms with Crippen molar-refractivity contribution in [2.75, 3.05) is 5.32 Å². The van der Waals surface area contributed by atoms with Crippen molar-refractivity contribution in [2.45, 2.75) is 19.9 Å². The van der Waals surface area contributed by atoms with Gasteiger partial charge in [-0.15, -0.1) is 0 Å². The molecule has 0 aliphatic carbocycles. The highest BCUT2D eigenvalue weighted by molar-refractivity contribution is 9.10. The maximum absolute atomic E-state index is 4.50. The number of nitrogens with zero attached hydrogens (tertiary/aromatic N) is 3. The summed E-state index contributed by atoms with van der Waals surface area (Å²) in [5.74, 6) is 0. The van der Waals surface area contributed by atoms with Crippen LogP contribution < -0.4 is 5.32 Å². The summed E-state index contributed by atoms with van der Waals surface area (Å²) in [5, 5.41) is 8.98. The van der Waals surface area contributed by atoms with Crippen LogP contribution in [0, 0.1) is 6.92 Å². The average molecular weight is 345 g/mol. The molecule has 4 nitrogen and oxygen atoms in total. The van der Waals surface area contributed by atoms with Crippen LogP contribution in [0.1, 0.15) is 24.2 Å². The second-order valence-corrected chi connectivity index (χ2v) is 6.05. The molecule has 0 bridgehead atoms. The quantitative estimate of drug-likeness (QED) is 0.773. The monoisotopic (exact) mass is 344 g/mol. The molecule has 2 heterocycles. The molecule has 1 aromatic carbocycles. The number of hydrogen-bond donors (Lipinski definition) is 1. The Labute approximate surface area is 132 Å². The van der Waals surface area contributed by atoms with Crippen LogP contribution in [0.25, 0.3) is 11.0 Å². The highest BCUT2D eigenvalue weighted by atomic mass is 79.9. The van der Waals surface area contributed by atoms with Crippen molar-refractivity contribution in [1.29, 1.82) is 0 Å². The SMILES string of the molecule is Cc1nn(C)c2ncc(NC(C)c3ccccc3Br)cc12. The lowest BCUT2D eigenvalue weighted by atomic mass is 10.1. The van der Waals surface area contributed by atoms with Crippen LogP contribution in [0.4, 0.5) is 5.69 Å². The predicted octanol–water partition coefficient (Wildman–Crippen LogP) is 4.21. The molecule has 0 saturated carbocycles. The number of halogens is 1. The standard InChI is InChI=1S/C16H17BrN4/c1-10(13-6-4-5-7-15(13)17)19-12-8-14-11(2)20-21(3)16(14)18-9-12/h4-10,19H,1-3H3. The molecule has 0 fully saturated rings. The number of fused-ring (bicyclic) bond motifs is 1. The first kappa shape index (κ1) is 14.1. The van der Waals surface area contributed by atoms with Gasteiger partial charge in [-0.25, -0.2) is 4.98 Å². The minimum absolute atomic E-state index is 0.191. The molecule has 1 N–H and O–H groups in total. The summed E-state index contributed by atoms with van der Waals surface area (Å²) in [6, 6.07) is 10.5. The van der Waals surface area contributed by atoms with Gasteiger partial charge in [0.15, 0.2) is 5.65 Å². The fraction of sp³-hybridized carbons (Fsp3) is 0.250. The number of aryl methyl sites for hydroxylation is 2. The van der Waals surface area contributed by atoms with Crippen LogP contribution in [-0.2, 0) is 7.05 Å². The Kier molecular flexibility index (Phi) is 3.68. The Bertz CT molecular complexity index is 794. The van der Waals surface area contributed by atoms with Crippen molar-refractivity contribution >= 4 is 32.7 Å². The number of anilines is 1. The number of rotatable bonds is 3. The first-order valence-corrected chi connectivity index (χ1v) is 7.66. The Morgan fingerprint density at radius 3 is 2.81 bits per heavy atom. The zero-order valence-electron chi connectivity index (χ0n) is 12.3. The molecule has 1 atom stereocenters. The molecule has 0 spiro atoms. The summed E-state index contributed by atoms with van der Waals surface area (Å²) in [4.78, 5) is 4.50. The van der Waals surface area contributed by atoms with Gasteiger partial charge in [-0.05, 0) is 31.5 Å². The van der Waals surface area contributed by atoms with E-state index < -0.39 is 0 Å². The Morgan fingerprint density at radius 2 is 2.05 bits per heavy atom. The van der Waals surface area contributed by atoms with E-state index in [1.807, 2.05) is 37.0 Å². The van der Waals surface area contributed by atoms with Crippen molar-refractivity contribution in [3.05, 3.63) is 52.3 Å². The van der Waals surface area contributed by atoms with Gasteiger partial charge < -0.3 is 5.32 Å². The molecule has 1 unspecified atom stereocenters. The molecule has 3 rings (SSSR count). The molecule has 0 aliphatic heterocycles. The van der Waals surface area contributed by atoms with Crippen molar-refractivity contribution in [3.8, 4) is 0 Å². The van der Waals surface area contributed by atoms with Crippen LogP contribution in [0.2, 0.25) is 0 Å². The number of benzene rings is 1. The molecule has 0 amide bonds. The van der Waals surface area contributed by atoms with Crippen LogP contribution in [0.3, 0.4) is 0 Å². The molecule has 3 aromatic rings. The normalized spacial score (nSPS) is 12.6. The molecular formula is C16H17BrN4. The average Bonchev–Trinajstić information content (AvgIpc) is 2.74. The lowest BCUT2D eigenvalue weighted by Gasteiger charge is -2.17. The van der Waals surface area contributed by atoms with Crippen LogP contribution in [0.5, 0.6) is 0 Å². The molecular weight excluding hydrogens is 328 g/mol. The largest absolute Gasteiger partial charge is 0.377 e. The van der Waals surface area contributed by atoms with Gasteiger partial charge >= 0.3 is 0 Å². The molecule has 2 aromatic heterocycles. The molecule has 0 aliphatic rings. The lowest BCUT2D eigenvalue weighted by molar-refractivity contribution is 0.773. The summed E-state index contributed by atoms with van der Waals surface area (Å²) in [6.07, 6.45) is 1.86. The number of aromatic nitrogens is 3. The van der Waals surface area contributed by atoms with E-state index in [9.17, 15) is 0 Å². The van der Waals surface area contributed by atoms with Crippen LogP contribution in [-0.4, -0.2) is 14.8 Å². The van der Waals surface area contributed by atoms with Gasteiger partial charge in [0, 0.05) is 22.9 Å². The van der Waals surface area contributed by atoms with E-state index in [1.54, 1.807) is 0 Å². The van der Waals surface area contributed by atoms with Crippen molar-refractivity contribution in [2.24, 2.45) is 7.05 Å². The van der Waals surface area contributed by atoms with Gasteiger partial charge in [-0.2, -0.15) is 5.10 Å². The van der Waals surface area contributed by atoms with E-state index in [0.717, 1.165) is 26.9 Å². The highest BCUT2D eigenvalue weighted by Crippen LogP contribution is 2.27. The minimum atomic E-state index is 0.191. The second-order valence-electron chi connectivity index (χ2n) is 5.19. The fourth-order valence-electron chi connectivity index (χ4n) is 2.54. The van der Waals surface area contributed by atoms with E-state index in [2.05, 4.69) is 56.5 Å². The zero-order chi connectivity index (χ0) is 15.0. The van der Waals surface area contributed by atoms with Gasteiger partial charge in [0.1, 0.15) is 0 Å². The smallest absolute Gasteiger partial charge is 0.157 e.